The molecule has 2 N–H and O–H groups in total. The van der Waals surface area contributed by atoms with Gasteiger partial charge in [-0.25, -0.2) is 0 Å². The predicted octanol–water partition coefficient (Wildman–Crippen LogP) is 4.79. The van der Waals surface area contributed by atoms with E-state index in [0.29, 0.717) is 44.8 Å². The highest BCUT2D eigenvalue weighted by Crippen LogP contribution is 2.38. The van der Waals surface area contributed by atoms with E-state index in [1.54, 1.807) is 60.7 Å². The van der Waals surface area contributed by atoms with E-state index in [0.717, 1.165) is 6.42 Å². The summed E-state index contributed by atoms with van der Waals surface area (Å²) in [5, 5.41) is 6.58. The number of hydrogen-bond acceptors (Lipinski definition) is 4. The van der Waals surface area contributed by atoms with Gasteiger partial charge in [0.15, 0.2) is 0 Å². The van der Waals surface area contributed by atoms with Crippen LogP contribution in [0.4, 0.5) is 11.4 Å². The number of amides is 2. The number of carbonyl (C=O) groups is 2. The second-order valence-electron chi connectivity index (χ2n) is 7.98. The molecule has 1 fully saturated rings. The van der Waals surface area contributed by atoms with Gasteiger partial charge in [-0.1, -0.05) is 25.1 Å². The van der Waals surface area contributed by atoms with Crippen molar-refractivity contribution in [1.82, 2.24) is 0 Å². The molecule has 0 radical (unpaired) electrons. The topological polar surface area (TPSA) is 88.4 Å². The minimum atomic E-state index is -0.333. The van der Waals surface area contributed by atoms with Gasteiger partial charge in [-0.15, -0.1) is 0 Å². The summed E-state index contributed by atoms with van der Waals surface area (Å²) in [5.74, 6) is 0.117. The van der Waals surface area contributed by atoms with Crippen molar-refractivity contribution in [2.24, 2.45) is 11.8 Å². The van der Waals surface area contributed by atoms with E-state index in [1.807, 2.05) is 13.0 Å². The van der Waals surface area contributed by atoms with Crippen LogP contribution in [0, 0.1) is 11.8 Å². The SMILES string of the molecule is C[C@@H]1C[C@@H]1C(=O)Nc1cccc(C(=O)Nc2ccc3oc4ccccc4c(=O)c3c2)c1. The van der Waals surface area contributed by atoms with Gasteiger partial charge < -0.3 is 15.1 Å². The first-order valence-corrected chi connectivity index (χ1v) is 10.2. The summed E-state index contributed by atoms with van der Waals surface area (Å²) in [7, 11) is 0. The van der Waals surface area contributed by atoms with Gasteiger partial charge in [0.05, 0.1) is 10.8 Å². The zero-order chi connectivity index (χ0) is 21.5. The van der Waals surface area contributed by atoms with E-state index in [9.17, 15) is 14.4 Å². The molecule has 5 rings (SSSR count). The second-order valence-corrected chi connectivity index (χ2v) is 7.98. The lowest BCUT2D eigenvalue weighted by Gasteiger charge is -2.09. The third kappa shape index (κ3) is 3.68. The first-order valence-electron chi connectivity index (χ1n) is 10.2. The van der Waals surface area contributed by atoms with E-state index in [2.05, 4.69) is 10.6 Å². The van der Waals surface area contributed by atoms with Gasteiger partial charge in [0.2, 0.25) is 11.3 Å². The molecule has 1 aliphatic carbocycles. The molecule has 6 nitrogen and oxygen atoms in total. The number of fused-ring (bicyclic) bond motifs is 2. The van der Waals surface area contributed by atoms with Gasteiger partial charge >= 0.3 is 0 Å². The van der Waals surface area contributed by atoms with Crippen LogP contribution in [-0.2, 0) is 4.79 Å². The quantitative estimate of drug-likeness (QED) is 0.472. The summed E-state index contributed by atoms with van der Waals surface area (Å²) in [5.41, 5.74) is 2.32. The lowest BCUT2D eigenvalue weighted by Crippen LogP contribution is -2.16. The second kappa shape index (κ2) is 7.40. The van der Waals surface area contributed by atoms with Crippen molar-refractivity contribution < 1.29 is 14.0 Å². The first kappa shape index (κ1) is 19.1. The molecule has 1 aromatic heterocycles. The van der Waals surface area contributed by atoms with Gasteiger partial charge in [-0.2, -0.15) is 0 Å². The molecule has 0 bridgehead atoms. The van der Waals surface area contributed by atoms with Gasteiger partial charge in [-0.05, 0) is 60.9 Å². The number of benzene rings is 3. The maximum absolute atomic E-state index is 12.8. The highest BCUT2D eigenvalue weighted by molar-refractivity contribution is 6.06. The predicted molar refractivity (Wildman–Crippen MR) is 120 cm³/mol. The van der Waals surface area contributed by atoms with Crippen molar-refractivity contribution in [1.29, 1.82) is 0 Å². The van der Waals surface area contributed by atoms with Crippen molar-refractivity contribution in [2.75, 3.05) is 10.6 Å². The highest BCUT2D eigenvalue weighted by Gasteiger charge is 2.39. The number of hydrogen-bond donors (Lipinski definition) is 2. The lowest BCUT2D eigenvalue weighted by atomic mass is 10.1. The van der Waals surface area contributed by atoms with Crippen LogP contribution in [0.1, 0.15) is 23.7 Å². The largest absolute Gasteiger partial charge is 0.456 e. The Labute approximate surface area is 177 Å². The molecule has 1 saturated carbocycles. The minimum absolute atomic E-state index is 0.0152. The first-order chi connectivity index (χ1) is 15.0. The summed E-state index contributed by atoms with van der Waals surface area (Å²) >= 11 is 0. The zero-order valence-electron chi connectivity index (χ0n) is 16.8. The van der Waals surface area contributed by atoms with Crippen LogP contribution in [0.15, 0.2) is 75.9 Å². The normalized spacial score (nSPS) is 17.5. The van der Waals surface area contributed by atoms with E-state index in [1.165, 1.54) is 0 Å². The Hall–Kier alpha value is -3.93. The van der Waals surface area contributed by atoms with E-state index >= 15 is 0 Å². The standard InChI is InChI=1S/C25H20N2O4/c1-14-11-19(14)25(30)27-16-6-4-5-15(12-16)24(29)26-17-9-10-22-20(13-17)23(28)18-7-2-3-8-21(18)31-22/h2-10,12-14,19H,11H2,1H3,(H,26,29)(H,27,30)/t14-,19+/m1/s1. The molecule has 1 heterocycles. The highest BCUT2D eigenvalue weighted by atomic mass is 16.3. The van der Waals surface area contributed by atoms with Crippen molar-refractivity contribution in [3.63, 3.8) is 0 Å². The molecular weight excluding hydrogens is 392 g/mol. The average molecular weight is 412 g/mol. The molecule has 0 unspecified atom stereocenters. The Bertz CT molecular complexity index is 1410. The van der Waals surface area contributed by atoms with Crippen molar-refractivity contribution in [3.8, 4) is 0 Å². The molecule has 0 saturated heterocycles. The Morgan fingerprint density at radius 2 is 1.61 bits per heavy atom. The van der Waals surface area contributed by atoms with E-state index in [4.69, 9.17) is 4.42 Å². The molecule has 3 aromatic carbocycles. The summed E-state index contributed by atoms with van der Waals surface area (Å²) in [6, 6.07) is 18.8. The van der Waals surface area contributed by atoms with Crippen LogP contribution < -0.4 is 16.1 Å². The number of carbonyl (C=O) groups excluding carboxylic acids is 2. The van der Waals surface area contributed by atoms with Crippen LogP contribution in [0.2, 0.25) is 0 Å². The Kier molecular flexibility index (Phi) is 4.55. The van der Waals surface area contributed by atoms with Gasteiger partial charge in [-0.3, -0.25) is 14.4 Å². The maximum atomic E-state index is 12.8. The molecule has 6 heteroatoms. The molecule has 0 aliphatic heterocycles. The molecule has 0 spiro atoms. The smallest absolute Gasteiger partial charge is 0.255 e. The third-order valence-corrected chi connectivity index (χ3v) is 5.67. The maximum Gasteiger partial charge on any atom is 0.255 e. The van der Waals surface area contributed by atoms with E-state index < -0.39 is 0 Å². The number of rotatable bonds is 4. The number of nitrogens with one attached hydrogen (secondary N) is 2. The third-order valence-electron chi connectivity index (χ3n) is 5.67. The summed E-state index contributed by atoms with van der Waals surface area (Å²) in [6.07, 6.45) is 0.900. The molecule has 31 heavy (non-hydrogen) atoms. The molecule has 2 amide bonds. The monoisotopic (exact) mass is 412 g/mol. The van der Waals surface area contributed by atoms with Crippen LogP contribution in [0.25, 0.3) is 21.9 Å². The Balaban J connectivity index is 1.39. The molecule has 154 valence electrons. The fourth-order valence-corrected chi connectivity index (χ4v) is 3.74. The fourth-order valence-electron chi connectivity index (χ4n) is 3.74. The minimum Gasteiger partial charge on any atom is -0.456 e. The van der Waals surface area contributed by atoms with Gasteiger partial charge in [0, 0.05) is 22.9 Å². The van der Waals surface area contributed by atoms with Crippen LogP contribution in [0.3, 0.4) is 0 Å². The van der Waals surface area contributed by atoms with Crippen molar-refractivity contribution >= 4 is 45.1 Å². The van der Waals surface area contributed by atoms with E-state index in [-0.39, 0.29) is 23.2 Å². The number of anilines is 2. The number of para-hydroxylation sites is 1. The van der Waals surface area contributed by atoms with Crippen LogP contribution >= 0.6 is 0 Å². The molecular formula is C25H20N2O4. The molecule has 2 atom stereocenters. The van der Waals surface area contributed by atoms with Crippen molar-refractivity contribution in [2.45, 2.75) is 13.3 Å². The molecule has 4 aromatic rings. The Morgan fingerprint density at radius 1 is 0.871 bits per heavy atom. The zero-order valence-corrected chi connectivity index (χ0v) is 16.8. The van der Waals surface area contributed by atoms with Crippen molar-refractivity contribution in [3.05, 3.63) is 82.5 Å². The summed E-state index contributed by atoms with van der Waals surface area (Å²) in [6.45, 7) is 2.04. The lowest BCUT2D eigenvalue weighted by molar-refractivity contribution is -0.117. The van der Waals surface area contributed by atoms with Crippen LogP contribution in [0.5, 0.6) is 0 Å². The average Bonchev–Trinajstić information content (AvgIpc) is 3.51. The Morgan fingerprint density at radius 3 is 2.42 bits per heavy atom. The fraction of sp³-hybridized carbons (Fsp3) is 0.160. The van der Waals surface area contributed by atoms with Gasteiger partial charge in [0.1, 0.15) is 11.2 Å². The van der Waals surface area contributed by atoms with Crippen LogP contribution in [-0.4, -0.2) is 11.8 Å². The summed E-state index contributed by atoms with van der Waals surface area (Å²) < 4.78 is 5.80. The van der Waals surface area contributed by atoms with Gasteiger partial charge in [0.25, 0.3) is 5.91 Å². The molecule has 1 aliphatic rings. The summed E-state index contributed by atoms with van der Waals surface area (Å²) in [4.78, 5) is 37.7.